The molecule has 1 atom stereocenters. The van der Waals surface area contributed by atoms with E-state index < -0.39 is 6.04 Å². The van der Waals surface area contributed by atoms with Crippen molar-refractivity contribution in [2.75, 3.05) is 33.3 Å². The van der Waals surface area contributed by atoms with E-state index in [0.717, 1.165) is 30.9 Å². The van der Waals surface area contributed by atoms with Crippen LogP contribution in [0.5, 0.6) is 5.75 Å². The van der Waals surface area contributed by atoms with Gasteiger partial charge in [0.25, 0.3) is 0 Å². The molecule has 0 aromatic heterocycles. The zero-order chi connectivity index (χ0) is 21.3. The van der Waals surface area contributed by atoms with E-state index in [1.165, 1.54) is 11.6 Å². The van der Waals surface area contributed by atoms with Crippen LogP contribution >= 0.6 is 0 Å². The number of piperazine rings is 1. The number of hydrogen-bond acceptors (Lipinski definition) is 4. The summed E-state index contributed by atoms with van der Waals surface area (Å²) >= 11 is 0. The fraction of sp³-hybridized carbons (Fsp3) is 0.333. The van der Waals surface area contributed by atoms with E-state index in [0.29, 0.717) is 13.1 Å². The molecule has 1 heterocycles. The van der Waals surface area contributed by atoms with Crippen LogP contribution in [0.3, 0.4) is 0 Å². The van der Waals surface area contributed by atoms with Gasteiger partial charge in [-0.3, -0.25) is 14.5 Å². The van der Waals surface area contributed by atoms with Gasteiger partial charge in [-0.2, -0.15) is 0 Å². The van der Waals surface area contributed by atoms with E-state index >= 15 is 0 Å². The SMILES string of the molecule is COc1ccc(CN2CCN(C(=O)[C@H](C)NC(=O)/C=C/c3ccccc3)CC2)cc1. The van der Waals surface area contributed by atoms with Crippen molar-refractivity contribution in [1.82, 2.24) is 15.1 Å². The summed E-state index contributed by atoms with van der Waals surface area (Å²) in [6.45, 7) is 5.53. The molecule has 30 heavy (non-hydrogen) atoms. The molecule has 1 saturated heterocycles. The van der Waals surface area contributed by atoms with Gasteiger partial charge in [0.15, 0.2) is 0 Å². The van der Waals surface area contributed by atoms with Crippen LogP contribution in [-0.4, -0.2) is 60.9 Å². The Hall–Kier alpha value is -3.12. The zero-order valence-corrected chi connectivity index (χ0v) is 17.6. The second-order valence-corrected chi connectivity index (χ2v) is 7.42. The monoisotopic (exact) mass is 407 g/mol. The quantitative estimate of drug-likeness (QED) is 0.717. The summed E-state index contributed by atoms with van der Waals surface area (Å²) < 4.78 is 5.20. The lowest BCUT2D eigenvalue weighted by Crippen LogP contribution is -2.53. The number of rotatable bonds is 7. The number of carbonyl (C=O) groups is 2. The zero-order valence-electron chi connectivity index (χ0n) is 17.6. The second-order valence-electron chi connectivity index (χ2n) is 7.42. The lowest BCUT2D eigenvalue weighted by molar-refractivity contribution is -0.136. The molecule has 6 nitrogen and oxygen atoms in total. The molecule has 1 aliphatic rings. The minimum absolute atomic E-state index is 0.0411. The van der Waals surface area contributed by atoms with Crippen LogP contribution in [0.15, 0.2) is 60.7 Å². The lowest BCUT2D eigenvalue weighted by Gasteiger charge is -2.36. The van der Waals surface area contributed by atoms with Crippen LogP contribution in [0.2, 0.25) is 0 Å². The summed E-state index contributed by atoms with van der Waals surface area (Å²) in [7, 11) is 1.66. The standard InChI is InChI=1S/C24H29N3O3/c1-19(25-23(28)13-10-20-6-4-3-5-7-20)24(29)27-16-14-26(15-17-27)18-21-8-11-22(30-2)12-9-21/h3-13,19H,14-18H2,1-2H3,(H,25,28)/b13-10+/t19-/m0/s1. The Morgan fingerprint density at radius 1 is 1.03 bits per heavy atom. The number of methoxy groups -OCH3 is 1. The van der Waals surface area contributed by atoms with E-state index in [2.05, 4.69) is 22.3 Å². The molecular weight excluding hydrogens is 378 g/mol. The average Bonchev–Trinajstić information content (AvgIpc) is 2.79. The molecule has 2 aromatic rings. The number of amides is 2. The maximum atomic E-state index is 12.7. The molecule has 0 radical (unpaired) electrons. The molecule has 6 heteroatoms. The first-order chi connectivity index (χ1) is 14.5. The highest BCUT2D eigenvalue weighted by Gasteiger charge is 2.25. The van der Waals surface area contributed by atoms with Crippen LogP contribution in [0, 0.1) is 0 Å². The van der Waals surface area contributed by atoms with Crippen LogP contribution in [0.4, 0.5) is 0 Å². The van der Waals surface area contributed by atoms with Crippen molar-refractivity contribution in [2.24, 2.45) is 0 Å². The second kappa shape index (κ2) is 10.6. The number of nitrogens with one attached hydrogen (secondary N) is 1. The molecule has 1 aliphatic heterocycles. The number of ether oxygens (including phenoxy) is 1. The van der Waals surface area contributed by atoms with Gasteiger partial charge in [0.05, 0.1) is 7.11 Å². The topological polar surface area (TPSA) is 61.9 Å². The summed E-state index contributed by atoms with van der Waals surface area (Å²) in [6.07, 6.45) is 3.20. The highest BCUT2D eigenvalue weighted by Crippen LogP contribution is 2.14. The highest BCUT2D eigenvalue weighted by molar-refractivity contribution is 5.95. The first kappa shape index (κ1) is 21.6. The van der Waals surface area contributed by atoms with E-state index in [4.69, 9.17) is 4.74 Å². The van der Waals surface area contributed by atoms with E-state index in [1.54, 1.807) is 20.1 Å². The molecule has 0 unspecified atom stereocenters. The molecule has 3 rings (SSSR count). The summed E-state index contributed by atoms with van der Waals surface area (Å²) in [4.78, 5) is 29.0. The Labute approximate surface area is 178 Å². The Balaban J connectivity index is 1.43. The predicted molar refractivity (Wildman–Crippen MR) is 118 cm³/mol. The number of hydrogen-bond donors (Lipinski definition) is 1. The largest absolute Gasteiger partial charge is 0.497 e. The van der Waals surface area contributed by atoms with Crippen LogP contribution in [-0.2, 0) is 16.1 Å². The van der Waals surface area contributed by atoms with Gasteiger partial charge in [0, 0.05) is 38.8 Å². The minimum Gasteiger partial charge on any atom is -0.497 e. The summed E-state index contributed by atoms with van der Waals surface area (Å²) in [6, 6.07) is 17.1. The van der Waals surface area contributed by atoms with Crippen molar-refractivity contribution in [1.29, 1.82) is 0 Å². The molecule has 0 aliphatic carbocycles. The third-order valence-electron chi connectivity index (χ3n) is 5.21. The molecule has 158 valence electrons. The Morgan fingerprint density at radius 2 is 1.70 bits per heavy atom. The van der Waals surface area contributed by atoms with Crippen LogP contribution < -0.4 is 10.1 Å². The van der Waals surface area contributed by atoms with Crippen molar-refractivity contribution in [3.05, 3.63) is 71.8 Å². The number of nitrogens with zero attached hydrogens (tertiary/aromatic N) is 2. The Morgan fingerprint density at radius 3 is 2.33 bits per heavy atom. The van der Waals surface area contributed by atoms with Gasteiger partial charge >= 0.3 is 0 Å². The fourth-order valence-electron chi connectivity index (χ4n) is 3.45. The maximum Gasteiger partial charge on any atom is 0.244 e. The van der Waals surface area contributed by atoms with E-state index in [9.17, 15) is 9.59 Å². The van der Waals surface area contributed by atoms with Gasteiger partial charge in [-0.1, -0.05) is 42.5 Å². The average molecular weight is 408 g/mol. The number of benzene rings is 2. The fourth-order valence-corrected chi connectivity index (χ4v) is 3.45. The first-order valence-corrected chi connectivity index (χ1v) is 10.2. The molecule has 2 amide bonds. The van der Waals surface area contributed by atoms with Crippen molar-refractivity contribution < 1.29 is 14.3 Å². The van der Waals surface area contributed by atoms with Gasteiger partial charge in [0.1, 0.15) is 11.8 Å². The molecular formula is C24H29N3O3. The van der Waals surface area contributed by atoms with Crippen LogP contribution in [0.1, 0.15) is 18.1 Å². The summed E-state index contributed by atoms with van der Waals surface area (Å²) in [5.74, 6) is 0.544. The third-order valence-corrected chi connectivity index (χ3v) is 5.21. The Kier molecular flexibility index (Phi) is 7.63. The first-order valence-electron chi connectivity index (χ1n) is 10.2. The van der Waals surface area contributed by atoms with Gasteiger partial charge in [-0.25, -0.2) is 0 Å². The normalized spacial score (nSPS) is 15.7. The maximum absolute atomic E-state index is 12.7. The van der Waals surface area contributed by atoms with Gasteiger partial charge < -0.3 is 15.0 Å². The van der Waals surface area contributed by atoms with Crippen molar-refractivity contribution >= 4 is 17.9 Å². The molecule has 0 spiro atoms. The summed E-state index contributed by atoms with van der Waals surface area (Å²) in [5, 5.41) is 2.77. The van der Waals surface area contributed by atoms with Crippen molar-refractivity contribution in [3.63, 3.8) is 0 Å². The summed E-state index contributed by atoms with van der Waals surface area (Å²) in [5.41, 5.74) is 2.17. The Bertz CT molecular complexity index is 857. The molecule has 0 bridgehead atoms. The number of carbonyl (C=O) groups excluding carboxylic acids is 2. The molecule has 2 aromatic carbocycles. The minimum atomic E-state index is -0.550. The highest BCUT2D eigenvalue weighted by atomic mass is 16.5. The molecule has 1 N–H and O–H groups in total. The third kappa shape index (κ3) is 6.19. The lowest BCUT2D eigenvalue weighted by atomic mass is 10.1. The molecule has 1 fully saturated rings. The van der Waals surface area contributed by atoms with Crippen molar-refractivity contribution in [3.8, 4) is 5.75 Å². The van der Waals surface area contributed by atoms with Gasteiger partial charge in [-0.15, -0.1) is 0 Å². The molecule has 0 saturated carbocycles. The smallest absolute Gasteiger partial charge is 0.244 e. The predicted octanol–water partition coefficient (Wildman–Crippen LogP) is 2.56. The van der Waals surface area contributed by atoms with Gasteiger partial charge in [0.2, 0.25) is 11.8 Å². The van der Waals surface area contributed by atoms with Crippen molar-refractivity contribution in [2.45, 2.75) is 19.5 Å². The van der Waals surface area contributed by atoms with E-state index in [-0.39, 0.29) is 11.8 Å². The van der Waals surface area contributed by atoms with E-state index in [1.807, 2.05) is 47.4 Å². The van der Waals surface area contributed by atoms with Gasteiger partial charge in [-0.05, 0) is 36.3 Å². The van der Waals surface area contributed by atoms with Crippen LogP contribution in [0.25, 0.3) is 6.08 Å².